The first kappa shape index (κ1) is 18.8. The molecule has 0 saturated carbocycles. The van der Waals surface area contributed by atoms with E-state index in [1.54, 1.807) is 47.1 Å². The number of benzene rings is 3. The molecule has 1 heterocycles. The van der Waals surface area contributed by atoms with Crippen LogP contribution in [-0.4, -0.2) is 9.78 Å². The summed E-state index contributed by atoms with van der Waals surface area (Å²) in [4.78, 5) is 0. The summed E-state index contributed by atoms with van der Waals surface area (Å²) in [7, 11) is 0. The zero-order chi connectivity index (χ0) is 19.9. The lowest BCUT2D eigenvalue weighted by molar-refractivity contribution is -0.136. The molecule has 0 amide bonds. The summed E-state index contributed by atoms with van der Waals surface area (Å²) in [5, 5.41) is 5.90. The Morgan fingerprint density at radius 3 is 2.04 bits per heavy atom. The molecule has 4 aromatic rings. The second kappa shape index (κ2) is 7.15. The van der Waals surface area contributed by atoms with Crippen LogP contribution in [-0.2, 0) is 12.7 Å². The van der Waals surface area contributed by atoms with Crippen LogP contribution in [0, 0.1) is 0 Å². The lowest BCUT2D eigenvalue weighted by atomic mass is 10.0. The van der Waals surface area contributed by atoms with E-state index in [1.165, 1.54) is 6.07 Å². The fourth-order valence-electron chi connectivity index (χ4n) is 3.17. The molecule has 0 aliphatic rings. The molecule has 28 heavy (non-hydrogen) atoms. The molecule has 2 nitrogen and oxygen atoms in total. The quantitative estimate of drug-likeness (QED) is 0.346. The second-order valence-electron chi connectivity index (χ2n) is 6.34. The maximum atomic E-state index is 13.5. The highest BCUT2D eigenvalue weighted by Crippen LogP contribution is 2.38. The highest BCUT2D eigenvalue weighted by atomic mass is 35.5. The molecule has 0 spiro atoms. The molecule has 142 valence electrons. The Balaban J connectivity index is 1.94. The van der Waals surface area contributed by atoms with Gasteiger partial charge in [-0.3, -0.25) is 4.68 Å². The predicted molar refractivity (Wildman–Crippen MR) is 106 cm³/mol. The Labute approximate surface area is 169 Å². The first-order chi connectivity index (χ1) is 13.3. The van der Waals surface area contributed by atoms with Gasteiger partial charge < -0.3 is 0 Å². The van der Waals surface area contributed by atoms with E-state index in [0.29, 0.717) is 27.7 Å². The third-order valence-corrected chi connectivity index (χ3v) is 4.94. The Bertz CT molecular complexity index is 1130. The lowest BCUT2D eigenvalue weighted by Gasteiger charge is -2.09. The van der Waals surface area contributed by atoms with E-state index in [2.05, 4.69) is 5.10 Å². The fraction of sp³-hybridized carbons (Fsp3) is 0.0952. The molecule has 0 atom stereocenters. The number of aromatic nitrogens is 2. The van der Waals surface area contributed by atoms with Crippen LogP contribution in [0.15, 0.2) is 66.7 Å². The molecule has 0 aliphatic carbocycles. The number of hydrogen-bond donors (Lipinski definition) is 0. The number of halogens is 5. The van der Waals surface area contributed by atoms with E-state index in [0.717, 1.165) is 17.2 Å². The molecule has 0 radical (unpaired) electrons. The topological polar surface area (TPSA) is 17.8 Å². The minimum Gasteiger partial charge on any atom is -0.259 e. The third kappa shape index (κ3) is 3.60. The van der Waals surface area contributed by atoms with Gasteiger partial charge in [0.25, 0.3) is 0 Å². The molecule has 7 heteroatoms. The molecule has 3 aromatic carbocycles. The predicted octanol–water partition coefficient (Wildman–Crippen LogP) is 7.08. The van der Waals surface area contributed by atoms with Gasteiger partial charge in [-0.1, -0.05) is 59.6 Å². The average molecular weight is 421 g/mol. The maximum Gasteiger partial charge on any atom is 0.418 e. The Morgan fingerprint density at radius 1 is 0.821 bits per heavy atom. The minimum atomic E-state index is -4.49. The smallest absolute Gasteiger partial charge is 0.259 e. The van der Waals surface area contributed by atoms with Crippen LogP contribution in [0.1, 0.15) is 11.1 Å². The van der Waals surface area contributed by atoms with Crippen LogP contribution in [0.4, 0.5) is 13.2 Å². The van der Waals surface area contributed by atoms with Gasteiger partial charge in [0, 0.05) is 21.0 Å². The van der Waals surface area contributed by atoms with Gasteiger partial charge in [-0.25, -0.2) is 0 Å². The molecule has 1 aromatic heterocycles. The van der Waals surface area contributed by atoms with Crippen molar-refractivity contribution in [1.29, 1.82) is 0 Å². The minimum absolute atomic E-state index is 0.0751. The lowest BCUT2D eigenvalue weighted by Crippen LogP contribution is -2.06. The molecule has 0 bridgehead atoms. The van der Waals surface area contributed by atoms with Crippen molar-refractivity contribution in [3.05, 3.63) is 87.9 Å². The largest absolute Gasteiger partial charge is 0.418 e. The van der Waals surface area contributed by atoms with Crippen LogP contribution in [0.2, 0.25) is 10.0 Å². The van der Waals surface area contributed by atoms with Crippen molar-refractivity contribution >= 4 is 34.1 Å². The molecule has 0 aliphatic heterocycles. The number of alkyl halides is 3. The van der Waals surface area contributed by atoms with Crippen molar-refractivity contribution in [3.63, 3.8) is 0 Å². The summed E-state index contributed by atoms with van der Waals surface area (Å²) in [5.41, 5.74) is 1.39. The van der Waals surface area contributed by atoms with E-state index in [1.807, 2.05) is 12.1 Å². The summed E-state index contributed by atoms with van der Waals surface area (Å²) in [6.45, 7) is 0.307. The molecule has 0 unspecified atom stereocenters. The van der Waals surface area contributed by atoms with Crippen LogP contribution < -0.4 is 0 Å². The first-order valence-corrected chi connectivity index (χ1v) is 9.15. The zero-order valence-electron chi connectivity index (χ0n) is 14.3. The SMILES string of the molecule is FC(F)(F)c1cccc2c(-c3ccc(Cl)cc3)n(Cc3ccc(Cl)cc3)nc12. The van der Waals surface area contributed by atoms with Crippen molar-refractivity contribution in [2.24, 2.45) is 0 Å². The third-order valence-electron chi connectivity index (χ3n) is 4.44. The summed E-state index contributed by atoms with van der Waals surface area (Å²) >= 11 is 11.9. The van der Waals surface area contributed by atoms with Gasteiger partial charge >= 0.3 is 6.18 Å². The molecular formula is C21H13Cl2F3N2. The van der Waals surface area contributed by atoms with E-state index in [4.69, 9.17) is 23.2 Å². The first-order valence-electron chi connectivity index (χ1n) is 8.40. The second-order valence-corrected chi connectivity index (χ2v) is 7.21. The average Bonchev–Trinajstić information content (AvgIpc) is 3.01. The molecule has 0 saturated heterocycles. The Kier molecular flexibility index (Phi) is 4.81. The summed E-state index contributed by atoms with van der Waals surface area (Å²) < 4.78 is 42.1. The molecule has 0 fully saturated rings. The van der Waals surface area contributed by atoms with Gasteiger partial charge in [0.05, 0.1) is 17.8 Å². The Morgan fingerprint density at radius 2 is 1.43 bits per heavy atom. The number of hydrogen-bond acceptors (Lipinski definition) is 1. The number of fused-ring (bicyclic) bond motifs is 1. The van der Waals surface area contributed by atoms with Crippen molar-refractivity contribution in [2.75, 3.05) is 0 Å². The van der Waals surface area contributed by atoms with Gasteiger partial charge in [0.1, 0.15) is 5.52 Å². The standard InChI is InChI=1S/C21H13Cl2F3N2/c22-15-8-4-13(5-9-15)12-28-20(14-6-10-16(23)11-7-14)17-2-1-3-18(19(17)27-28)21(24,25)26/h1-11H,12H2. The van der Waals surface area contributed by atoms with Gasteiger partial charge in [0.15, 0.2) is 0 Å². The maximum absolute atomic E-state index is 13.5. The normalized spacial score (nSPS) is 11.9. The van der Waals surface area contributed by atoms with Crippen molar-refractivity contribution in [2.45, 2.75) is 12.7 Å². The van der Waals surface area contributed by atoms with Crippen LogP contribution in [0.3, 0.4) is 0 Å². The van der Waals surface area contributed by atoms with Gasteiger partial charge in [-0.05, 0) is 35.9 Å². The van der Waals surface area contributed by atoms with Crippen LogP contribution in [0.25, 0.3) is 22.2 Å². The monoisotopic (exact) mass is 420 g/mol. The summed E-state index contributed by atoms with van der Waals surface area (Å²) in [5.74, 6) is 0. The van der Waals surface area contributed by atoms with Gasteiger partial charge in [-0.2, -0.15) is 18.3 Å². The fourth-order valence-corrected chi connectivity index (χ4v) is 3.42. The van der Waals surface area contributed by atoms with Gasteiger partial charge in [-0.15, -0.1) is 0 Å². The molecule has 0 N–H and O–H groups in total. The van der Waals surface area contributed by atoms with Gasteiger partial charge in [0.2, 0.25) is 0 Å². The highest BCUT2D eigenvalue weighted by Gasteiger charge is 2.34. The van der Waals surface area contributed by atoms with E-state index >= 15 is 0 Å². The van der Waals surface area contributed by atoms with Crippen LogP contribution in [0.5, 0.6) is 0 Å². The van der Waals surface area contributed by atoms with Crippen LogP contribution >= 0.6 is 23.2 Å². The van der Waals surface area contributed by atoms with Crippen molar-refractivity contribution in [3.8, 4) is 11.3 Å². The zero-order valence-corrected chi connectivity index (χ0v) is 15.9. The number of nitrogens with zero attached hydrogens (tertiary/aromatic N) is 2. The molecule has 4 rings (SSSR count). The van der Waals surface area contributed by atoms with Crippen molar-refractivity contribution < 1.29 is 13.2 Å². The summed E-state index contributed by atoms with van der Waals surface area (Å²) in [6.07, 6.45) is -4.49. The van der Waals surface area contributed by atoms with Crippen molar-refractivity contribution in [1.82, 2.24) is 9.78 Å². The Hall–Kier alpha value is -2.50. The van der Waals surface area contributed by atoms with E-state index in [-0.39, 0.29) is 5.52 Å². The molecular weight excluding hydrogens is 408 g/mol. The number of rotatable bonds is 3. The highest BCUT2D eigenvalue weighted by molar-refractivity contribution is 6.30. The summed E-state index contributed by atoms with van der Waals surface area (Å²) in [6, 6.07) is 18.2. The van der Waals surface area contributed by atoms with E-state index in [9.17, 15) is 13.2 Å². The van der Waals surface area contributed by atoms with E-state index < -0.39 is 11.7 Å².